The Morgan fingerprint density at radius 1 is 0.540 bits per heavy atom. The van der Waals surface area contributed by atoms with Crippen LogP contribution in [0.25, 0.3) is 64.5 Å². The number of fused-ring (bicyclic) bond motifs is 18. The Labute approximate surface area is 375 Å². The molecule has 63 heavy (non-hydrogen) atoms. The van der Waals surface area contributed by atoms with E-state index in [-0.39, 0.29) is 28.5 Å². The van der Waals surface area contributed by atoms with Gasteiger partial charge in [-0.25, -0.2) is 0 Å². The van der Waals surface area contributed by atoms with Crippen LogP contribution >= 0.6 is 11.3 Å². The molecule has 2 aromatic heterocycles. The zero-order valence-corrected chi connectivity index (χ0v) is 38.7. The Morgan fingerprint density at radius 3 is 1.97 bits per heavy atom. The van der Waals surface area contributed by atoms with Crippen molar-refractivity contribution in [1.29, 1.82) is 0 Å². The Balaban J connectivity index is 1.21. The van der Waals surface area contributed by atoms with Crippen molar-refractivity contribution >= 4 is 77.2 Å². The van der Waals surface area contributed by atoms with Gasteiger partial charge < -0.3 is 9.38 Å². The van der Waals surface area contributed by atoms with E-state index in [2.05, 4.69) is 193 Å². The van der Waals surface area contributed by atoms with Crippen LogP contribution in [0.1, 0.15) is 107 Å². The van der Waals surface area contributed by atoms with Gasteiger partial charge in [0, 0.05) is 81.4 Å². The summed E-state index contributed by atoms with van der Waals surface area (Å²) in [6.07, 6.45) is 2.38. The average molecular weight is 831 g/mol. The van der Waals surface area contributed by atoms with E-state index in [0.717, 1.165) is 0 Å². The maximum absolute atomic E-state index is 2.86. The predicted octanol–water partition coefficient (Wildman–Crippen LogP) is 14.7. The number of para-hydroxylation sites is 1. The lowest BCUT2D eigenvalue weighted by Gasteiger charge is -2.46. The number of nitrogens with zero attached hydrogens (tertiary/aromatic N) is 2. The van der Waals surface area contributed by atoms with Gasteiger partial charge in [0.25, 0.3) is 0 Å². The number of benzene rings is 7. The van der Waals surface area contributed by atoms with E-state index in [9.17, 15) is 0 Å². The van der Waals surface area contributed by atoms with Gasteiger partial charge in [-0.05, 0) is 110 Å². The van der Waals surface area contributed by atoms with E-state index in [1.807, 2.05) is 11.3 Å². The second-order valence-corrected chi connectivity index (χ2v) is 23.0. The van der Waals surface area contributed by atoms with Gasteiger partial charge in [-0.1, -0.05) is 159 Å². The van der Waals surface area contributed by atoms with Crippen LogP contribution in [0.2, 0.25) is 0 Å². The quantitative estimate of drug-likeness (QED) is 0.150. The monoisotopic (exact) mass is 830 g/mol. The molecule has 9 aromatic rings. The summed E-state index contributed by atoms with van der Waals surface area (Å²) in [5, 5.41) is 4.08. The third kappa shape index (κ3) is 4.24. The third-order valence-corrected chi connectivity index (χ3v) is 18.1. The molecule has 5 aliphatic rings. The lowest BCUT2D eigenvalue weighted by Crippen LogP contribution is -2.58. The molecule has 0 unspecified atom stereocenters. The van der Waals surface area contributed by atoms with Gasteiger partial charge in [0.15, 0.2) is 0 Å². The fraction of sp³-hybridized carbons (Fsp3) is 0.254. The highest BCUT2D eigenvalue weighted by molar-refractivity contribution is 7.26. The minimum atomic E-state index is -0.228. The zero-order valence-electron chi connectivity index (χ0n) is 37.8. The summed E-state index contributed by atoms with van der Waals surface area (Å²) < 4.78 is 5.61. The molecule has 0 bridgehead atoms. The summed E-state index contributed by atoms with van der Waals surface area (Å²) in [5.41, 5.74) is 26.4. The number of hydrogen-bond acceptors (Lipinski definition) is 2. The molecule has 7 aromatic carbocycles. The van der Waals surface area contributed by atoms with E-state index in [1.54, 1.807) is 0 Å². The van der Waals surface area contributed by atoms with Crippen LogP contribution in [-0.4, -0.2) is 11.3 Å². The number of hydrogen-bond donors (Lipinski definition) is 0. The van der Waals surface area contributed by atoms with Gasteiger partial charge in [0.2, 0.25) is 0 Å². The van der Waals surface area contributed by atoms with E-state index in [0.29, 0.717) is 0 Å². The number of anilines is 3. The van der Waals surface area contributed by atoms with E-state index < -0.39 is 0 Å². The standard InChI is InChI=1S/C59H51BN2S/c1-32-29-42-43(57(4,5)28-27-56(42,2)3)31-45(32)61-46-30-39-34-18-12-15-24-47(34)63-54(39)49-38-21-16-20-37-48-36-19-11-14-23-41(36)59(8,9)55(48)62(52(37)38)60(51(46)49)44-26-25-35-33-17-10-13-22-40(33)58(6,7)50(35)53(44)61/h10-26,29-31H,27-28H2,1-9H3. The van der Waals surface area contributed by atoms with Crippen LogP contribution < -0.4 is 15.8 Å². The minimum Gasteiger partial charge on any atom is -0.378 e. The van der Waals surface area contributed by atoms with Crippen molar-refractivity contribution in [3.8, 4) is 33.4 Å². The molecule has 0 radical (unpaired) electrons. The molecule has 0 saturated heterocycles. The van der Waals surface area contributed by atoms with Crippen molar-refractivity contribution < 1.29 is 0 Å². The van der Waals surface area contributed by atoms with Gasteiger partial charge >= 0.3 is 6.85 Å². The first-order valence-electron chi connectivity index (χ1n) is 23.2. The summed E-state index contributed by atoms with van der Waals surface area (Å²) >= 11 is 1.98. The van der Waals surface area contributed by atoms with Crippen molar-refractivity contribution in [2.24, 2.45) is 0 Å². The van der Waals surface area contributed by atoms with E-state index in [4.69, 9.17) is 0 Å². The van der Waals surface area contributed by atoms with Crippen molar-refractivity contribution in [2.45, 2.75) is 96.8 Å². The zero-order chi connectivity index (χ0) is 42.9. The molecule has 2 nitrogen and oxygen atoms in total. The van der Waals surface area contributed by atoms with Crippen molar-refractivity contribution in [1.82, 2.24) is 4.48 Å². The Bertz CT molecular complexity index is 3610. The lowest BCUT2D eigenvalue weighted by molar-refractivity contribution is 0.332. The first-order valence-corrected chi connectivity index (χ1v) is 24.0. The Morgan fingerprint density at radius 2 is 1.19 bits per heavy atom. The first kappa shape index (κ1) is 36.6. The van der Waals surface area contributed by atoms with Crippen LogP contribution in [0.15, 0.2) is 121 Å². The van der Waals surface area contributed by atoms with Gasteiger partial charge in [-0.3, -0.25) is 0 Å². The summed E-state index contributed by atoms with van der Waals surface area (Å²) in [5.74, 6) is 0. The summed E-state index contributed by atoms with van der Waals surface area (Å²) in [6.45, 7) is 22.2. The maximum Gasteiger partial charge on any atom is 0.332 e. The Hall–Kier alpha value is -5.84. The smallest absolute Gasteiger partial charge is 0.332 e. The molecule has 4 heterocycles. The highest BCUT2D eigenvalue weighted by Gasteiger charge is 2.52. The van der Waals surface area contributed by atoms with Gasteiger partial charge in [-0.2, -0.15) is 0 Å². The second kappa shape index (κ2) is 11.5. The molecule has 0 saturated carbocycles. The van der Waals surface area contributed by atoms with E-state index >= 15 is 0 Å². The van der Waals surface area contributed by atoms with Crippen molar-refractivity contribution in [2.75, 3.05) is 4.90 Å². The molecule has 0 spiro atoms. The molecule has 0 amide bonds. The second-order valence-electron chi connectivity index (χ2n) is 21.9. The van der Waals surface area contributed by atoms with Crippen LogP contribution in [0.4, 0.5) is 17.1 Å². The van der Waals surface area contributed by atoms with Gasteiger partial charge in [-0.15, -0.1) is 11.3 Å². The average Bonchev–Trinajstić information content (AvgIpc) is 3.96. The summed E-state index contributed by atoms with van der Waals surface area (Å²) in [6, 6.07) is 47.7. The molecule has 0 fully saturated rings. The van der Waals surface area contributed by atoms with Crippen LogP contribution in [0, 0.1) is 6.92 Å². The molecule has 306 valence electrons. The number of aromatic nitrogens is 1. The fourth-order valence-corrected chi connectivity index (χ4v) is 15.0. The summed E-state index contributed by atoms with van der Waals surface area (Å²) in [4.78, 5) is 2.80. The molecular weight excluding hydrogens is 780 g/mol. The largest absolute Gasteiger partial charge is 0.378 e. The van der Waals surface area contributed by atoms with Crippen LogP contribution in [0.5, 0.6) is 0 Å². The third-order valence-electron chi connectivity index (χ3n) is 16.9. The van der Waals surface area contributed by atoms with Crippen LogP contribution in [-0.2, 0) is 21.7 Å². The normalized spacial score (nSPS) is 18.2. The number of aryl methyl sites for hydroxylation is 1. The highest BCUT2D eigenvalue weighted by Crippen LogP contribution is 2.60. The van der Waals surface area contributed by atoms with Gasteiger partial charge in [0.05, 0.1) is 0 Å². The first-order chi connectivity index (χ1) is 30.2. The van der Waals surface area contributed by atoms with Crippen molar-refractivity contribution in [3.05, 3.63) is 160 Å². The molecule has 14 rings (SSSR count). The molecule has 0 N–H and O–H groups in total. The lowest BCUT2D eigenvalue weighted by atomic mass is 9.44. The minimum absolute atomic E-state index is 0.0243. The van der Waals surface area contributed by atoms with E-state index in [1.165, 1.54) is 144 Å². The molecule has 4 heteroatoms. The SMILES string of the molecule is Cc1cc2c(cc1N1c3cc4c(sc5ccccc54)c4c3B(c3ccc5c(c31)C(C)(C)c1ccccc1-5)n1c3c(c5cccc-4c51)-c1ccccc1C3(C)C)C(C)(C)CCC2(C)C. The van der Waals surface area contributed by atoms with Gasteiger partial charge in [0.1, 0.15) is 0 Å². The molecule has 0 atom stereocenters. The molecule has 2 aliphatic heterocycles. The topological polar surface area (TPSA) is 8.17 Å². The summed E-state index contributed by atoms with van der Waals surface area (Å²) in [7, 11) is 0. The molecular formula is C59H51BN2S. The van der Waals surface area contributed by atoms with Crippen LogP contribution in [0.3, 0.4) is 0 Å². The number of thiophene rings is 1. The van der Waals surface area contributed by atoms with Crippen molar-refractivity contribution in [3.63, 3.8) is 0 Å². The predicted molar refractivity (Wildman–Crippen MR) is 271 cm³/mol. The highest BCUT2D eigenvalue weighted by atomic mass is 32.1. The Kier molecular flexibility index (Phi) is 6.66. The maximum atomic E-state index is 2.86. The number of rotatable bonds is 1. The molecule has 3 aliphatic carbocycles. The fourth-order valence-electron chi connectivity index (χ4n) is 13.7.